The number of carbonyl (C=O) groups is 2. The van der Waals surface area contributed by atoms with Gasteiger partial charge in [0.05, 0.1) is 12.2 Å². The maximum Gasteiger partial charge on any atom is 0.338 e. The lowest BCUT2D eigenvalue weighted by Crippen LogP contribution is -2.27. The minimum absolute atomic E-state index is 0.00506. The molecule has 0 aromatic heterocycles. The molecule has 1 unspecified atom stereocenters. The SMILES string of the molecule is CC(C)COC(=O)c1ccc(NC(=O)CC2CCCN2)cc1. The Labute approximate surface area is 131 Å². The maximum absolute atomic E-state index is 11.9. The van der Waals surface area contributed by atoms with Gasteiger partial charge in [-0.2, -0.15) is 0 Å². The molecular formula is C17H24N2O3. The summed E-state index contributed by atoms with van der Waals surface area (Å²) in [6.07, 6.45) is 2.66. The highest BCUT2D eigenvalue weighted by Crippen LogP contribution is 2.13. The summed E-state index contributed by atoms with van der Waals surface area (Å²) >= 11 is 0. The topological polar surface area (TPSA) is 67.4 Å². The van der Waals surface area contributed by atoms with Crippen molar-refractivity contribution in [3.8, 4) is 0 Å². The zero-order valence-corrected chi connectivity index (χ0v) is 13.2. The molecule has 0 radical (unpaired) electrons. The largest absolute Gasteiger partial charge is 0.462 e. The van der Waals surface area contributed by atoms with Crippen molar-refractivity contribution in [1.82, 2.24) is 5.32 Å². The maximum atomic E-state index is 11.9. The van der Waals surface area contributed by atoms with Crippen LogP contribution in [-0.4, -0.2) is 31.1 Å². The lowest BCUT2D eigenvalue weighted by Gasteiger charge is -2.11. The van der Waals surface area contributed by atoms with E-state index in [1.54, 1.807) is 24.3 Å². The normalized spacial score (nSPS) is 17.5. The van der Waals surface area contributed by atoms with E-state index in [4.69, 9.17) is 4.74 Å². The number of esters is 1. The number of nitrogens with one attached hydrogen (secondary N) is 2. The van der Waals surface area contributed by atoms with Crippen LogP contribution in [0.2, 0.25) is 0 Å². The Kier molecular flexibility index (Phi) is 5.95. The van der Waals surface area contributed by atoms with Crippen LogP contribution in [0.4, 0.5) is 5.69 Å². The van der Waals surface area contributed by atoms with Crippen LogP contribution in [0.3, 0.4) is 0 Å². The lowest BCUT2D eigenvalue weighted by atomic mass is 10.1. The molecule has 1 atom stereocenters. The first-order valence-electron chi connectivity index (χ1n) is 7.85. The first-order valence-corrected chi connectivity index (χ1v) is 7.85. The zero-order valence-electron chi connectivity index (χ0n) is 13.2. The molecule has 120 valence electrons. The van der Waals surface area contributed by atoms with E-state index in [0.29, 0.717) is 30.2 Å². The summed E-state index contributed by atoms with van der Waals surface area (Å²) in [4.78, 5) is 23.7. The Hall–Kier alpha value is -1.88. The molecule has 2 N–H and O–H groups in total. The van der Waals surface area contributed by atoms with Crippen LogP contribution in [0.1, 0.15) is 43.5 Å². The number of anilines is 1. The Bertz CT molecular complexity index is 505. The van der Waals surface area contributed by atoms with Crippen molar-refractivity contribution in [2.75, 3.05) is 18.5 Å². The molecule has 1 fully saturated rings. The highest BCUT2D eigenvalue weighted by Gasteiger charge is 2.17. The molecule has 1 aromatic carbocycles. The number of hydrogen-bond donors (Lipinski definition) is 2. The highest BCUT2D eigenvalue weighted by atomic mass is 16.5. The summed E-state index contributed by atoms with van der Waals surface area (Å²) in [5.74, 6) is -0.0250. The second kappa shape index (κ2) is 7.94. The van der Waals surface area contributed by atoms with Crippen molar-refractivity contribution in [2.45, 2.75) is 39.2 Å². The van der Waals surface area contributed by atoms with Crippen LogP contribution in [-0.2, 0) is 9.53 Å². The van der Waals surface area contributed by atoms with Crippen LogP contribution in [0.15, 0.2) is 24.3 Å². The molecular weight excluding hydrogens is 280 g/mol. The number of hydrogen-bond acceptors (Lipinski definition) is 4. The second-order valence-electron chi connectivity index (χ2n) is 6.12. The first kappa shape index (κ1) is 16.5. The van der Waals surface area contributed by atoms with E-state index in [0.717, 1.165) is 19.4 Å². The summed E-state index contributed by atoms with van der Waals surface area (Å²) < 4.78 is 5.16. The van der Waals surface area contributed by atoms with Crippen molar-refractivity contribution in [1.29, 1.82) is 0 Å². The molecule has 0 bridgehead atoms. The van der Waals surface area contributed by atoms with Crippen LogP contribution in [0.5, 0.6) is 0 Å². The molecule has 22 heavy (non-hydrogen) atoms. The predicted octanol–water partition coefficient (Wildman–Crippen LogP) is 2.58. The fourth-order valence-corrected chi connectivity index (χ4v) is 2.38. The van der Waals surface area contributed by atoms with E-state index in [9.17, 15) is 9.59 Å². The minimum Gasteiger partial charge on any atom is -0.462 e. The molecule has 0 saturated carbocycles. The predicted molar refractivity (Wildman–Crippen MR) is 85.8 cm³/mol. The number of benzene rings is 1. The molecule has 1 saturated heterocycles. The van der Waals surface area contributed by atoms with Gasteiger partial charge < -0.3 is 15.4 Å². The third-order valence-corrected chi connectivity index (χ3v) is 3.55. The van der Waals surface area contributed by atoms with Gasteiger partial charge in [0.1, 0.15) is 0 Å². The fraction of sp³-hybridized carbons (Fsp3) is 0.529. The summed E-state index contributed by atoms with van der Waals surface area (Å²) in [6, 6.07) is 7.08. The standard InChI is InChI=1S/C17H24N2O3/c1-12(2)11-22-17(21)13-5-7-14(8-6-13)19-16(20)10-15-4-3-9-18-15/h5-8,12,15,18H,3-4,9-11H2,1-2H3,(H,19,20). The van der Waals surface area contributed by atoms with Crippen molar-refractivity contribution in [2.24, 2.45) is 5.92 Å². The lowest BCUT2D eigenvalue weighted by molar-refractivity contribution is -0.116. The van der Waals surface area contributed by atoms with Gasteiger partial charge >= 0.3 is 5.97 Å². The molecule has 1 heterocycles. The average Bonchev–Trinajstić information content (AvgIpc) is 2.98. The minimum atomic E-state index is -0.332. The highest BCUT2D eigenvalue weighted by molar-refractivity contribution is 5.93. The Balaban J connectivity index is 1.83. The number of ether oxygens (including phenoxy) is 1. The first-order chi connectivity index (χ1) is 10.5. The summed E-state index contributed by atoms with van der Waals surface area (Å²) in [7, 11) is 0. The van der Waals surface area contributed by atoms with Crippen molar-refractivity contribution >= 4 is 17.6 Å². The van der Waals surface area contributed by atoms with Crippen LogP contribution >= 0.6 is 0 Å². The van der Waals surface area contributed by atoms with Crippen LogP contribution in [0.25, 0.3) is 0 Å². The van der Waals surface area contributed by atoms with E-state index < -0.39 is 0 Å². The number of amides is 1. The summed E-state index contributed by atoms with van der Waals surface area (Å²) in [5, 5.41) is 6.15. The molecule has 1 amide bonds. The molecule has 1 aliphatic rings. The third kappa shape index (κ3) is 5.15. The van der Waals surface area contributed by atoms with Gasteiger partial charge in [-0.25, -0.2) is 4.79 Å². The molecule has 5 nitrogen and oxygen atoms in total. The molecule has 1 aliphatic heterocycles. The second-order valence-corrected chi connectivity index (χ2v) is 6.12. The molecule has 0 aliphatic carbocycles. The van der Waals surface area contributed by atoms with Gasteiger partial charge in [0.15, 0.2) is 0 Å². The van der Waals surface area contributed by atoms with Gasteiger partial charge in [0, 0.05) is 18.2 Å². The van der Waals surface area contributed by atoms with Gasteiger partial charge in [-0.05, 0) is 49.6 Å². The zero-order chi connectivity index (χ0) is 15.9. The molecule has 1 aromatic rings. The smallest absolute Gasteiger partial charge is 0.338 e. The Morgan fingerprint density at radius 1 is 1.32 bits per heavy atom. The Morgan fingerprint density at radius 3 is 2.64 bits per heavy atom. The van der Waals surface area contributed by atoms with Crippen LogP contribution < -0.4 is 10.6 Å². The fourth-order valence-electron chi connectivity index (χ4n) is 2.38. The van der Waals surface area contributed by atoms with E-state index in [-0.39, 0.29) is 17.9 Å². The van der Waals surface area contributed by atoms with Gasteiger partial charge in [-0.3, -0.25) is 4.79 Å². The summed E-state index contributed by atoms with van der Waals surface area (Å²) in [6.45, 7) is 5.38. The van der Waals surface area contributed by atoms with Gasteiger partial charge in [-0.15, -0.1) is 0 Å². The number of rotatable bonds is 6. The number of carbonyl (C=O) groups excluding carboxylic acids is 2. The van der Waals surface area contributed by atoms with Gasteiger partial charge in [0.25, 0.3) is 0 Å². The van der Waals surface area contributed by atoms with E-state index in [1.807, 2.05) is 13.8 Å². The quantitative estimate of drug-likeness (QED) is 0.793. The van der Waals surface area contributed by atoms with E-state index in [2.05, 4.69) is 10.6 Å². The van der Waals surface area contributed by atoms with Crippen molar-refractivity contribution in [3.05, 3.63) is 29.8 Å². The van der Waals surface area contributed by atoms with Crippen molar-refractivity contribution in [3.63, 3.8) is 0 Å². The van der Waals surface area contributed by atoms with E-state index >= 15 is 0 Å². The van der Waals surface area contributed by atoms with Gasteiger partial charge in [0.2, 0.25) is 5.91 Å². The van der Waals surface area contributed by atoms with E-state index in [1.165, 1.54) is 0 Å². The monoisotopic (exact) mass is 304 g/mol. The third-order valence-electron chi connectivity index (χ3n) is 3.55. The molecule has 2 rings (SSSR count). The van der Waals surface area contributed by atoms with Crippen LogP contribution in [0, 0.1) is 5.92 Å². The Morgan fingerprint density at radius 2 is 2.05 bits per heavy atom. The summed E-state index contributed by atoms with van der Waals surface area (Å²) in [5.41, 5.74) is 1.19. The van der Waals surface area contributed by atoms with Crippen molar-refractivity contribution < 1.29 is 14.3 Å². The average molecular weight is 304 g/mol. The molecule has 5 heteroatoms. The molecule has 0 spiro atoms. The van der Waals surface area contributed by atoms with Gasteiger partial charge in [-0.1, -0.05) is 13.8 Å².